The Bertz CT molecular complexity index is 1070. The van der Waals surface area contributed by atoms with Crippen LogP contribution in [0, 0.1) is 0 Å². The van der Waals surface area contributed by atoms with Crippen molar-refractivity contribution in [2.24, 2.45) is 5.73 Å². The standard InChI is InChI=1S/C26H34N6O3/c27-22(18-20-10-12-21(33)13-11-20)24(34)31-23(9-5-16-32-17-15-30-26(32)28)25(35)29-14-4-8-19-6-2-1-3-7-19/h1-3,6-7,10-13,15,17,22-23,33H,4-5,8-9,14,16,18,27H2,(H2,28,30)(H,29,35)(H,31,34)/t22-,23+/m0/s1. The maximum absolute atomic E-state index is 12.9. The fourth-order valence-electron chi connectivity index (χ4n) is 3.79. The van der Waals surface area contributed by atoms with Gasteiger partial charge in [0, 0.05) is 25.5 Å². The second kappa shape index (κ2) is 13.1. The first-order chi connectivity index (χ1) is 16.9. The van der Waals surface area contributed by atoms with Crippen molar-refractivity contribution in [2.75, 3.05) is 12.3 Å². The van der Waals surface area contributed by atoms with Crippen molar-refractivity contribution in [3.63, 3.8) is 0 Å². The molecular weight excluding hydrogens is 444 g/mol. The van der Waals surface area contributed by atoms with Gasteiger partial charge in [-0.05, 0) is 55.4 Å². The zero-order valence-corrected chi connectivity index (χ0v) is 19.8. The predicted molar refractivity (Wildman–Crippen MR) is 135 cm³/mol. The molecule has 7 N–H and O–H groups in total. The van der Waals surface area contributed by atoms with Gasteiger partial charge in [-0.3, -0.25) is 9.59 Å². The number of carbonyl (C=O) groups is 2. The van der Waals surface area contributed by atoms with Gasteiger partial charge in [-0.1, -0.05) is 42.5 Å². The highest BCUT2D eigenvalue weighted by molar-refractivity contribution is 5.89. The first-order valence-corrected chi connectivity index (χ1v) is 11.8. The third kappa shape index (κ3) is 8.46. The molecule has 9 nitrogen and oxygen atoms in total. The monoisotopic (exact) mass is 478 g/mol. The minimum absolute atomic E-state index is 0.148. The summed E-state index contributed by atoms with van der Waals surface area (Å²) in [5.41, 5.74) is 14.0. The van der Waals surface area contributed by atoms with E-state index < -0.39 is 18.0 Å². The molecule has 0 aliphatic carbocycles. The Morgan fingerprint density at radius 1 is 1.00 bits per heavy atom. The van der Waals surface area contributed by atoms with Gasteiger partial charge in [0.1, 0.15) is 11.8 Å². The molecule has 0 bridgehead atoms. The molecular formula is C26H34N6O3. The number of nitrogens with zero attached hydrogens (tertiary/aromatic N) is 2. The number of aromatic nitrogens is 2. The third-order valence-corrected chi connectivity index (χ3v) is 5.79. The lowest BCUT2D eigenvalue weighted by molar-refractivity contribution is -0.129. The van der Waals surface area contributed by atoms with Gasteiger partial charge in [0.15, 0.2) is 5.95 Å². The Morgan fingerprint density at radius 2 is 1.74 bits per heavy atom. The van der Waals surface area contributed by atoms with Gasteiger partial charge in [-0.2, -0.15) is 0 Å². The molecule has 0 spiro atoms. The van der Waals surface area contributed by atoms with E-state index in [0.717, 1.165) is 18.4 Å². The molecule has 1 aromatic heterocycles. The van der Waals surface area contributed by atoms with E-state index in [0.29, 0.717) is 38.3 Å². The van der Waals surface area contributed by atoms with E-state index in [-0.39, 0.29) is 11.7 Å². The summed E-state index contributed by atoms with van der Waals surface area (Å²) in [6.45, 7) is 1.09. The fraction of sp³-hybridized carbons (Fsp3) is 0.346. The summed E-state index contributed by atoms with van der Waals surface area (Å²) in [5, 5.41) is 15.2. The molecule has 9 heteroatoms. The van der Waals surface area contributed by atoms with Crippen LogP contribution in [-0.2, 0) is 29.0 Å². The summed E-state index contributed by atoms with van der Waals surface area (Å²) in [5.74, 6) is -0.0762. The smallest absolute Gasteiger partial charge is 0.242 e. The van der Waals surface area contributed by atoms with Crippen LogP contribution < -0.4 is 22.1 Å². The van der Waals surface area contributed by atoms with Crippen LogP contribution in [0.15, 0.2) is 67.0 Å². The highest BCUT2D eigenvalue weighted by Crippen LogP contribution is 2.11. The second-order valence-corrected chi connectivity index (χ2v) is 8.54. The van der Waals surface area contributed by atoms with Crippen LogP contribution in [0.25, 0.3) is 0 Å². The number of nitrogen functional groups attached to an aromatic ring is 1. The number of anilines is 1. The lowest BCUT2D eigenvalue weighted by Gasteiger charge is -2.21. The summed E-state index contributed by atoms with van der Waals surface area (Å²) < 4.78 is 1.80. The van der Waals surface area contributed by atoms with E-state index in [2.05, 4.69) is 27.8 Å². The van der Waals surface area contributed by atoms with E-state index in [1.165, 1.54) is 5.56 Å². The predicted octanol–water partition coefficient (Wildman–Crippen LogP) is 1.75. The Morgan fingerprint density at radius 3 is 2.43 bits per heavy atom. The van der Waals surface area contributed by atoms with E-state index >= 15 is 0 Å². The van der Waals surface area contributed by atoms with Crippen LogP contribution in [-0.4, -0.2) is 45.1 Å². The van der Waals surface area contributed by atoms with Gasteiger partial charge in [0.2, 0.25) is 11.8 Å². The largest absolute Gasteiger partial charge is 0.508 e. The highest BCUT2D eigenvalue weighted by Gasteiger charge is 2.23. The molecule has 0 radical (unpaired) electrons. The number of amides is 2. The molecule has 0 aliphatic heterocycles. The first-order valence-electron chi connectivity index (χ1n) is 11.8. The van der Waals surface area contributed by atoms with E-state index in [1.54, 1.807) is 41.2 Å². The van der Waals surface area contributed by atoms with Crippen molar-refractivity contribution < 1.29 is 14.7 Å². The number of aromatic hydroxyl groups is 1. The molecule has 0 fully saturated rings. The quantitative estimate of drug-likeness (QED) is 0.236. The normalized spacial score (nSPS) is 12.6. The maximum Gasteiger partial charge on any atom is 0.242 e. The van der Waals surface area contributed by atoms with Gasteiger partial charge in [0.25, 0.3) is 0 Å². The van der Waals surface area contributed by atoms with Gasteiger partial charge in [-0.25, -0.2) is 4.98 Å². The molecule has 0 saturated heterocycles. The summed E-state index contributed by atoms with van der Waals surface area (Å²) in [4.78, 5) is 29.7. The number of aryl methyl sites for hydroxylation is 2. The number of nitrogens with one attached hydrogen (secondary N) is 2. The van der Waals surface area contributed by atoms with Gasteiger partial charge >= 0.3 is 0 Å². The average Bonchev–Trinajstić information content (AvgIpc) is 3.27. The molecule has 0 unspecified atom stereocenters. The minimum atomic E-state index is -0.822. The lowest BCUT2D eigenvalue weighted by Crippen LogP contribution is -2.52. The van der Waals surface area contributed by atoms with Crippen LogP contribution in [0.3, 0.4) is 0 Å². The molecule has 1 heterocycles. The van der Waals surface area contributed by atoms with Crippen LogP contribution in [0.4, 0.5) is 5.95 Å². The number of phenols is 1. The van der Waals surface area contributed by atoms with Crippen molar-refractivity contribution in [2.45, 2.75) is 50.7 Å². The molecule has 2 amide bonds. The number of carbonyl (C=O) groups excluding carboxylic acids is 2. The second-order valence-electron chi connectivity index (χ2n) is 8.54. The molecule has 35 heavy (non-hydrogen) atoms. The van der Waals surface area contributed by atoms with Crippen molar-refractivity contribution in [3.8, 4) is 5.75 Å². The SMILES string of the molecule is Nc1nccn1CCC[C@@H](NC(=O)[C@@H](N)Cc1ccc(O)cc1)C(=O)NCCCc1ccccc1. The highest BCUT2D eigenvalue weighted by atomic mass is 16.3. The number of hydrogen-bond donors (Lipinski definition) is 5. The summed E-state index contributed by atoms with van der Waals surface area (Å²) in [7, 11) is 0. The van der Waals surface area contributed by atoms with Gasteiger partial charge in [0.05, 0.1) is 6.04 Å². The van der Waals surface area contributed by atoms with Crippen molar-refractivity contribution in [1.29, 1.82) is 0 Å². The van der Waals surface area contributed by atoms with Crippen LogP contribution in [0.1, 0.15) is 30.4 Å². The van der Waals surface area contributed by atoms with Crippen molar-refractivity contribution in [3.05, 3.63) is 78.1 Å². The average molecular weight is 479 g/mol. The van der Waals surface area contributed by atoms with Crippen LogP contribution in [0.2, 0.25) is 0 Å². The molecule has 2 atom stereocenters. The first kappa shape index (κ1) is 25.8. The third-order valence-electron chi connectivity index (χ3n) is 5.79. The molecule has 186 valence electrons. The van der Waals surface area contributed by atoms with E-state index in [1.807, 2.05) is 18.2 Å². The summed E-state index contributed by atoms with van der Waals surface area (Å²) in [6.07, 6.45) is 6.40. The van der Waals surface area contributed by atoms with Crippen LogP contribution >= 0.6 is 0 Å². The van der Waals surface area contributed by atoms with Crippen molar-refractivity contribution in [1.82, 2.24) is 20.2 Å². The van der Waals surface area contributed by atoms with E-state index in [9.17, 15) is 14.7 Å². The molecule has 3 rings (SSSR count). The number of benzene rings is 2. The number of imidazole rings is 1. The maximum atomic E-state index is 12.9. The van der Waals surface area contributed by atoms with E-state index in [4.69, 9.17) is 11.5 Å². The summed E-state index contributed by atoms with van der Waals surface area (Å²) >= 11 is 0. The molecule has 0 saturated carbocycles. The zero-order chi connectivity index (χ0) is 25.0. The van der Waals surface area contributed by atoms with Crippen LogP contribution in [0.5, 0.6) is 5.75 Å². The van der Waals surface area contributed by atoms with Gasteiger partial charge < -0.3 is 31.8 Å². The number of phenolic OH excluding ortho intramolecular Hbond substituents is 1. The molecule has 2 aromatic carbocycles. The fourth-order valence-corrected chi connectivity index (χ4v) is 3.79. The molecule has 0 aliphatic rings. The Hall–Kier alpha value is -3.85. The topological polar surface area (TPSA) is 148 Å². The molecule has 3 aromatic rings. The Kier molecular flexibility index (Phi) is 9.68. The zero-order valence-electron chi connectivity index (χ0n) is 19.8. The lowest BCUT2D eigenvalue weighted by atomic mass is 10.0. The number of nitrogens with two attached hydrogens (primary N) is 2. The Balaban J connectivity index is 1.53. The minimum Gasteiger partial charge on any atom is -0.508 e. The number of hydrogen-bond acceptors (Lipinski definition) is 6. The van der Waals surface area contributed by atoms with Crippen molar-refractivity contribution >= 4 is 17.8 Å². The summed E-state index contributed by atoms with van der Waals surface area (Å²) in [6, 6.07) is 15.1. The van der Waals surface area contributed by atoms with Gasteiger partial charge in [-0.15, -0.1) is 0 Å². The Labute approximate surface area is 205 Å². The number of rotatable bonds is 13.